The number of pyridine rings is 1. The van der Waals surface area contributed by atoms with Gasteiger partial charge in [-0.3, -0.25) is 0 Å². The Hall–Kier alpha value is -1.76. The summed E-state index contributed by atoms with van der Waals surface area (Å²) in [5, 5.41) is 13.0. The summed E-state index contributed by atoms with van der Waals surface area (Å²) >= 11 is 12.0. The van der Waals surface area contributed by atoms with Gasteiger partial charge >= 0.3 is 0 Å². The number of hydrogen-bond acceptors (Lipinski definition) is 3. The molecule has 1 heterocycles. The summed E-state index contributed by atoms with van der Waals surface area (Å²) in [6, 6.07) is 11.0. The zero-order valence-corrected chi connectivity index (χ0v) is 10.8. The number of nitrogens with one attached hydrogen (secondary N) is 1. The molecule has 0 unspecified atom stereocenters. The van der Waals surface area contributed by atoms with Crippen molar-refractivity contribution in [3.05, 3.63) is 57.8 Å². The number of nitrogens with zero attached hydrogens (tertiary/aromatic N) is 2. The molecule has 0 amide bonds. The first-order valence-electron chi connectivity index (χ1n) is 5.24. The van der Waals surface area contributed by atoms with E-state index in [1.165, 1.54) is 0 Å². The molecule has 0 atom stereocenters. The quantitative estimate of drug-likeness (QED) is 0.927. The highest BCUT2D eigenvalue weighted by Crippen LogP contribution is 2.29. The van der Waals surface area contributed by atoms with Crippen molar-refractivity contribution in [3.63, 3.8) is 0 Å². The van der Waals surface area contributed by atoms with Crippen LogP contribution in [-0.2, 0) is 6.54 Å². The first-order valence-corrected chi connectivity index (χ1v) is 6.00. The van der Waals surface area contributed by atoms with Crippen LogP contribution < -0.4 is 5.32 Å². The maximum atomic E-state index is 8.93. The molecule has 0 saturated carbocycles. The maximum absolute atomic E-state index is 8.93. The van der Waals surface area contributed by atoms with E-state index in [-0.39, 0.29) is 0 Å². The molecule has 1 N–H and O–H groups in total. The van der Waals surface area contributed by atoms with Crippen LogP contribution >= 0.6 is 23.2 Å². The Balaban J connectivity index is 2.17. The van der Waals surface area contributed by atoms with Gasteiger partial charge in [0.1, 0.15) is 11.8 Å². The van der Waals surface area contributed by atoms with Crippen LogP contribution in [0.3, 0.4) is 0 Å². The normalized spacial score (nSPS) is 9.83. The van der Waals surface area contributed by atoms with Crippen LogP contribution in [0.25, 0.3) is 0 Å². The summed E-state index contributed by atoms with van der Waals surface area (Å²) in [6.07, 6.45) is 1.59. The lowest BCUT2D eigenvalue weighted by Crippen LogP contribution is -2.03. The Kier molecular flexibility index (Phi) is 4.03. The Morgan fingerprint density at radius 2 is 2.06 bits per heavy atom. The van der Waals surface area contributed by atoms with Crippen LogP contribution in [0.2, 0.25) is 10.0 Å². The second-order valence-electron chi connectivity index (χ2n) is 3.58. The van der Waals surface area contributed by atoms with Gasteiger partial charge in [-0.05, 0) is 18.2 Å². The van der Waals surface area contributed by atoms with Crippen molar-refractivity contribution in [3.8, 4) is 6.07 Å². The highest BCUT2D eigenvalue weighted by molar-refractivity contribution is 6.43. The van der Waals surface area contributed by atoms with E-state index >= 15 is 0 Å². The Labute approximate surface area is 115 Å². The molecule has 0 aliphatic rings. The summed E-state index contributed by atoms with van der Waals surface area (Å²) in [5.74, 6) is 0. The first-order chi connectivity index (χ1) is 8.72. The molecule has 2 aromatic rings. The lowest BCUT2D eigenvalue weighted by atomic mass is 10.2. The van der Waals surface area contributed by atoms with E-state index in [0.29, 0.717) is 22.3 Å². The summed E-state index contributed by atoms with van der Waals surface area (Å²) in [5.41, 5.74) is 1.95. The summed E-state index contributed by atoms with van der Waals surface area (Å²) in [7, 11) is 0. The Bertz CT molecular complexity index is 605. The number of benzene rings is 1. The standard InChI is InChI=1S/C13H9Cl2N3/c14-10-4-1-5-11(13(10)15)18-8-9-3-2-6-17-12(9)7-16/h1-6,18H,8H2. The Morgan fingerprint density at radius 3 is 2.83 bits per heavy atom. The fourth-order valence-electron chi connectivity index (χ4n) is 1.51. The summed E-state index contributed by atoms with van der Waals surface area (Å²) in [6.45, 7) is 0.469. The van der Waals surface area contributed by atoms with Crippen molar-refractivity contribution in [2.75, 3.05) is 5.32 Å². The van der Waals surface area contributed by atoms with E-state index in [1.54, 1.807) is 18.3 Å². The largest absolute Gasteiger partial charge is 0.380 e. The highest BCUT2D eigenvalue weighted by Gasteiger charge is 2.06. The average molecular weight is 278 g/mol. The van der Waals surface area contributed by atoms with Gasteiger partial charge < -0.3 is 5.32 Å². The number of rotatable bonds is 3. The lowest BCUT2D eigenvalue weighted by molar-refractivity contribution is 1.09. The monoisotopic (exact) mass is 277 g/mol. The number of hydrogen-bond donors (Lipinski definition) is 1. The van der Waals surface area contributed by atoms with Gasteiger partial charge in [0.25, 0.3) is 0 Å². The van der Waals surface area contributed by atoms with Gasteiger partial charge in [-0.15, -0.1) is 0 Å². The van der Waals surface area contributed by atoms with Gasteiger partial charge in [0.05, 0.1) is 15.7 Å². The lowest BCUT2D eigenvalue weighted by Gasteiger charge is -2.09. The van der Waals surface area contributed by atoms with Crippen LogP contribution in [0.4, 0.5) is 5.69 Å². The van der Waals surface area contributed by atoms with Crippen LogP contribution in [0, 0.1) is 11.3 Å². The summed E-state index contributed by atoms with van der Waals surface area (Å²) in [4.78, 5) is 3.99. The van der Waals surface area contributed by atoms with E-state index in [9.17, 15) is 0 Å². The fraction of sp³-hybridized carbons (Fsp3) is 0.0769. The van der Waals surface area contributed by atoms with Crippen molar-refractivity contribution in [2.24, 2.45) is 0 Å². The molecule has 5 heteroatoms. The van der Waals surface area contributed by atoms with Crippen molar-refractivity contribution in [1.29, 1.82) is 5.26 Å². The molecule has 90 valence electrons. The van der Waals surface area contributed by atoms with Crippen LogP contribution in [0.15, 0.2) is 36.5 Å². The van der Waals surface area contributed by atoms with Gasteiger partial charge in [0.15, 0.2) is 0 Å². The van der Waals surface area contributed by atoms with Gasteiger partial charge in [0.2, 0.25) is 0 Å². The number of halogens is 2. The molecule has 18 heavy (non-hydrogen) atoms. The second-order valence-corrected chi connectivity index (χ2v) is 4.36. The smallest absolute Gasteiger partial charge is 0.145 e. The van der Waals surface area contributed by atoms with Gasteiger partial charge in [-0.25, -0.2) is 4.98 Å². The molecular weight excluding hydrogens is 269 g/mol. The molecule has 1 aromatic heterocycles. The van der Waals surface area contributed by atoms with E-state index in [2.05, 4.69) is 10.3 Å². The minimum Gasteiger partial charge on any atom is -0.380 e. The number of nitriles is 1. The maximum Gasteiger partial charge on any atom is 0.145 e. The zero-order chi connectivity index (χ0) is 13.0. The molecule has 0 bridgehead atoms. The molecule has 0 saturated heterocycles. The molecule has 0 aliphatic heterocycles. The van der Waals surface area contributed by atoms with Crippen LogP contribution in [0.1, 0.15) is 11.3 Å². The third-order valence-electron chi connectivity index (χ3n) is 2.42. The number of anilines is 1. The highest BCUT2D eigenvalue weighted by atomic mass is 35.5. The molecule has 0 spiro atoms. The van der Waals surface area contributed by atoms with Crippen molar-refractivity contribution >= 4 is 28.9 Å². The molecule has 3 nitrogen and oxygen atoms in total. The van der Waals surface area contributed by atoms with Crippen molar-refractivity contribution in [2.45, 2.75) is 6.54 Å². The third-order valence-corrected chi connectivity index (χ3v) is 3.24. The predicted molar refractivity (Wildman–Crippen MR) is 72.7 cm³/mol. The third kappa shape index (κ3) is 2.73. The van der Waals surface area contributed by atoms with Gasteiger partial charge in [-0.1, -0.05) is 35.3 Å². The van der Waals surface area contributed by atoms with Crippen molar-refractivity contribution < 1.29 is 0 Å². The van der Waals surface area contributed by atoms with Crippen LogP contribution in [-0.4, -0.2) is 4.98 Å². The zero-order valence-electron chi connectivity index (χ0n) is 9.32. The van der Waals surface area contributed by atoms with E-state index in [0.717, 1.165) is 11.3 Å². The molecule has 0 aliphatic carbocycles. The average Bonchev–Trinajstić information content (AvgIpc) is 2.41. The van der Waals surface area contributed by atoms with Crippen molar-refractivity contribution in [1.82, 2.24) is 4.98 Å². The van der Waals surface area contributed by atoms with E-state index < -0.39 is 0 Å². The van der Waals surface area contributed by atoms with Gasteiger partial charge in [-0.2, -0.15) is 5.26 Å². The first kappa shape index (κ1) is 12.7. The SMILES string of the molecule is N#Cc1ncccc1CNc1cccc(Cl)c1Cl. The summed E-state index contributed by atoms with van der Waals surface area (Å²) < 4.78 is 0. The molecule has 0 radical (unpaired) electrons. The minimum absolute atomic E-state index is 0.406. The molecule has 1 aromatic carbocycles. The molecule has 2 rings (SSSR count). The second kappa shape index (κ2) is 5.72. The fourth-order valence-corrected chi connectivity index (χ4v) is 1.88. The predicted octanol–water partition coefficient (Wildman–Crippen LogP) is 3.87. The topological polar surface area (TPSA) is 48.7 Å². The molecule has 0 fully saturated rings. The van der Waals surface area contributed by atoms with Crippen LogP contribution in [0.5, 0.6) is 0 Å². The van der Waals surface area contributed by atoms with Gasteiger partial charge in [0, 0.05) is 18.3 Å². The van der Waals surface area contributed by atoms with E-state index in [1.807, 2.05) is 24.3 Å². The Morgan fingerprint density at radius 1 is 1.22 bits per heavy atom. The number of aromatic nitrogens is 1. The minimum atomic E-state index is 0.406. The van der Waals surface area contributed by atoms with E-state index in [4.69, 9.17) is 28.5 Å². The molecular formula is C13H9Cl2N3.